The maximum Gasteiger partial charge on any atom is 0.408 e. The van der Waals surface area contributed by atoms with Crippen LogP contribution in [0.15, 0.2) is 43.0 Å². The second-order valence-electron chi connectivity index (χ2n) is 8.07. The Labute approximate surface area is 185 Å². The fraction of sp³-hybridized carbons (Fsp3) is 0.542. The molecule has 0 saturated carbocycles. The molecule has 3 N–H and O–H groups in total. The summed E-state index contributed by atoms with van der Waals surface area (Å²) in [5.74, 6) is -1.46. The number of hydrogen-bond donors (Lipinski definition) is 3. The third-order valence-electron chi connectivity index (χ3n) is 4.79. The Balaban J connectivity index is 2.58. The van der Waals surface area contributed by atoms with E-state index in [4.69, 9.17) is 4.74 Å². The number of ether oxygens (including phenoxy) is 1. The molecule has 7 nitrogen and oxygen atoms in total. The van der Waals surface area contributed by atoms with E-state index < -0.39 is 30.1 Å². The standard InChI is InChI=1S/C24H36N2O5/c1-4-5-6-7-8-12-15-20(23(28)29)25-22(27)21(16-18(2)3)26-24(30)31-17-19-13-10-9-11-14-19/h4,9-11,13-14,18,20-21H,1,5-8,12,15-17H2,2-3H3,(H,25,27)(H,26,30)(H,28,29)/t20-,21+/m1/s1. The molecule has 1 aromatic carbocycles. The van der Waals surface area contributed by atoms with Gasteiger partial charge in [-0.2, -0.15) is 0 Å². The van der Waals surface area contributed by atoms with Crippen molar-refractivity contribution in [3.05, 3.63) is 48.6 Å². The zero-order valence-electron chi connectivity index (χ0n) is 18.6. The Morgan fingerprint density at radius 1 is 1.03 bits per heavy atom. The van der Waals surface area contributed by atoms with Gasteiger partial charge in [0.1, 0.15) is 18.7 Å². The minimum absolute atomic E-state index is 0.0896. The summed E-state index contributed by atoms with van der Waals surface area (Å²) in [4.78, 5) is 36.5. The minimum Gasteiger partial charge on any atom is -0.480 e. The number of alkyl carbamates (subject to hydrolysis) is 1. The van der Waals surface area contributed by atoms with Crippen molar-refractivity contribution in [1.29, 1.82) is 0 Å². The summed E-state index contributed by atoms with van der Waals surface area (Å²) in [5.41, 5.74) is 0.835. The van der Waals surface area contributed by atoms with E-state index in [2.05, 4.69) is 17.2 Å². The van der Waals surface area contributed by atoms with Crippen molar-refractivity contribution < 1.29 is 24.2 Å². The number of carboxylic acids is 1. The van der Waals surface area contributed by atoms with Gasteiger partial charge < -0.3 is 20.5 Å². The number of nitrogens with one attached hydrogen (secondary N) is 2. The largest absolute Gasteiger partial charge is 0.480 e. The van der Waals surface area contributed by atoms with Crippen LogP contribution in [0.4, 0.5) is 4.79 Å². The summed E-state index contributed by atoms with van der Waals surface area (Å²) >= 11 is 0. The molecule has 0 aromatic heterocycles. The zero-order valence-corrected chi connectivity index (χ0v) is 18.6. The summed E-state index contributed by atoms with van der Waals surface area (Å²) in [6.45, 7) is 7.62. The number of hydrogen-bond acceptors (Lipinski definition) is 4. The molecular formula is C24H36N2O5. The fourth-order valence-corrected chi connectivity index (χ4v) is 3.13. The van der Waals surface area contributed by atoms with E-state index in [9.17, 15) is 19.5 Å². The van der Waals surface area contributed by atoms with Gasteiger partial charge in [0.25, 0.3) is 0 Å². The number of unbranched alkanes of at least 4 members (excludes halogenated alkanes) is 4. The lowest BCUT2D eigenvalue weighted by Gasteiger charge is -2.22. The van der Waals surface area contributed by atoms with Crippen LogP contribution >= 0.6 is 0 Å². The first-order valence-corrected chi connectivity index (χ1v) is 10.9. The highest BCUT2D eigenvalue weighted by molar-refractivity contribution is 5.89. The molecule has 0 saturated heterocycles. The van der Waals surface area contributed by atoms with Gasteiger partial charge in [0.05, 0.1) is 0 Å². The summed E-state index contributed by atoms with van der Waals surface area (Å²) in [6, 6.07) is 7.38. The second-order valence-corrected chi connectivity index (χ2v) is 8.07. The average Bonchev–Trinajstić information content (AvgIpc) is 2.73. The van der Waals surface area contributed by atoms with Crippen molar-refractivity contribution in [2.24, 2.45) is 5.92 Å². The zero-order chi connectivity index (χ0) is 23.1. The van der Waals surface area contributed by atoms with Crippen LogP contribution < -0.4 is 10.6 Å². The summed E-state index contributed by atoms with van der Waals surface area (Å²) in [5, 5.41) is 14.6. The fourth-order valence-electron chi connectivity index (χ4n) is 3.13. The van der Waals surface area contributed by atoms with Crippen molar-refractivity contribution in [3.8, 4) is 0 Å². The number of benzene rings is 1. The maximum atomic E-state index is 12.7. The van der Waals surface area contributed by atoms with Crippen molar-refractivity contribution >= 4 is 18.0 Å². The molecule has 0 bridgehead atoms. The van der Waals surface area contributed by atoms with Crippen molar-refractivity contribution in [2.75, 3.05) is 0 Å². The number of amides is 2. The van der Waals surface area contributed by atoms with Crippen molar-refractivity contribution in [2.45, 2.75) is 77.5 Å². The van der Waals surface area contributed by atoms with Gasteiger partial charge in [0.15, 0.2) is 0 Å². The molecule has 31 heavy (non-hydrogen) atoms. The Kier molecular flexibility index (Phi) is 12.7. The van der Waals surface area contributed by atoms with Gasteiger partial charge >= 0.3 is 12.1 Å². The van der Waals surface area contributed by atoms with E-state index >= 15 is 0 Å². The summed E-state index contributed by atoms with van der Waals surface area (Å²) in [7, 11) is 0. The Morgan fingerprint density at radius 3 is 2.32 bits per heavy atom. The van der Waals surface area contributed by atoms with Crippen molar-refractivity contribution in [1.82, 2.24) is 10.6 Å². The van der Waals surface area contributed by atoms with E-state index in [-0.39, 0.29) is 12.5 Å². The third-order valence-corrected chi connectivity index (χ3v) is 4.79. The van der Waals surface area contributed by atoms with Gasteiger partial charge in [-0.15, -0.1) is 6.58 Å². The normalized spacial score (nSPS) is 12.6. The van der Waals surface area contributed by atoms with E-state index in [1.54, 1.807) is 0 Å². The van der Waals surface area contributed by atoms with Crippen LogP contribution in [-0.2, 0) is 20.9 Å². The van der Waals surface area contributed by atoms with Gasteiger partial charge in [-0.1, -0.05) is 69.5 Å². The molecule has 1 rings (SSSR count). The molecule has 0 heterocycles. The smallest absolute Gasteiger partial charge is 0.408 e. The highest BCUT2D eigenvalue weighted by Crippen LogP contribution is 2.10. The predicted octanol–water partition coefficient (Wildman–Crippen LogP) is 4.42. The van der Waals surface area contributed by atoms with Crippen LogP contribution in [0, 0.1) is 5.92 Å². The van der Waals surface area contributed by atoms with Gasteiger partial charge in [0, 0.05) is 0 Å². The van der Waals surface area contributed by atoms with Gasteiger partial charge in [0.2, 0.25) is 5.91 Å². The Hall–Kier alpha value is -2.83. The number of rotatable bonds is 15. The van der Waals surface area contributed by atoms with E-state index in [1.807, 2.05) is 50.3 Å². The lowest BCUT2D eigenvalue weighted by atomic mass is 10.0. The lowest BCUT2D eigenvalue weighted by Crippen LogP contribution is -2.52. The van der Waals surface area contributed by atoms with Crippen molar-refractivity contribution in [3.63, 3.8) is 0 Å². The SMILES string of the molecule is C=CCCCCCC[C@@H](NC(=O)[C@H](CC(C)C)NC(=O)OCc1ccccc1)C(=O)O. The van der Waals surface area contributed by atoms with Crippen LogP contribution in [0.2, 0.25) is 0 Å². The van der Waals surface area contributed by atoms with Crippen LogP contribution in [0.1, 0.15) is 64.4 Å². The van der Waals surface area contributed by atoms with E-state index in [1.165, 1.54) is 0 Å². The topological polar surface area (TPSA) is 105 Å². The molecule has 0 aliphatic rings. The first-order valence-electron chi connectivity index (χ1n) is 10.9. The molecule has 0 radical (unpaired) electrons. The first kappa shape index (κ1) is 26.2. The molecule has 0 spiro atoms. The number of carboxylic acid groups (broad SMARTS) is 1. The van der Waals surface area contributed by atoms with Crippen LogP contribution in [0.5, 0.6) is 0 Å². The number of carbonyl (C=O) groups is 3. The number of carbonyl (C=O) groups excluding carboxylic acids is 2. The monoisotopic (exact) mass is 432 g/mol. The Morgan fingerprint density at radius 2 is 1.71 bits per heavy atom. The average molecular weight is 433 g/mol. The molecule has 0 fully saturated rings. The third kappa shape index (κ3) is 11.8. The molecule has 172 valence electrons. The van der Waals surface area contributed by atoms with Crippen LogP contribution in [0.3, 0.4) is 0 Å². The highest BCUT2D eigenvalue weighted by atomic mass is 16.5. The van der Waals surface area contributed by atoms with Gasteiger partial charge in [-0.3, -0.25) is 4.79 Å². The Bertz CT molecular complexity index is 690. The summed E-state index contributed by atoms with van der Waals surface area (Å²) < 4.78 is 5.20. The van der Waals surface area contributed by atoms with E-state index in [0.29, 0.717) is 19.3 Å². The minimum atomic E-state index is -1.07. The van der Waals surface area contributed by atoms with Gasteiger partial charge in [-0.05, 0) is 37.2 Å². The number of allylic oxidation sites excluding steroid dienone is 1. The van der Waals surface area contributed by atoms with Crippen LogP contribution in [0.25, 0.3) is 0 Å². The molecule has 2 atom stereocenters. The maximum absolute atomic E-state index is 12.7. The van der Waals surface area contributed by atoms with E-state index in [0.717, 1.165) is 31.2 Å². The van der Waals surface area contributed by atoms with Crippen LogP contribution in [-0.4, -0.2) is 35.2 Å². The lowest BCUT2D eigenvalue weighted by molar-refractivity contribution is -0.142. The highest BCUT2D eigenvalue weighted by Gasteiger charge is 2.27. The molecule has 0 aliphatic heterocycles. The molecule has 7 heteroatoms. The second kappa shape index (κ2) is 15.0. The molecule has 2 amide bonds. The molecular weight excluding hydrogens is 396 g/mol. The first-order chi connectivity index (χ1) is 14.8. The molecule has 1 aromatic rings. The number of aliphatic carboxylic acids is 1. The molecule has 0 unspecified atom stereocenters. The molecule has 0 aliphatic carbocycles. The summed E-state index contributed by atoms with van der Waals surface area (Å²) in [6.07, 6.45) is 6.45. The quantitative estimate of drug-likeness (QED) is 0.281. The predicted molar refractivity (Wildman–Crippen MR) is 120 cm³/mol. The van der Waals surface area contributed by atoms with Gasteiger partial charge in [-0.25, -0.2) is 9.59 Å².